The van der Waals surface area contributed by atoms with Crippen LogP contribution in [-0.4, -0.2) is 65.3 Å². The van der Waals surface area contributed by atoms with Gasteiger partial charge in [0.05, 0.1) is 12.1 Å². The molecule has 3 aromatic rings. The maximum atomic E-state index is 13.5. The number of amides is 5. The lowest BCUT2D eigenvalue weighted by molar-refractivity contribution is -0.137. The largest absolute Gasteiger partial charge is 0.481 e. The number of imide groups is 2. The molecule has 0 radical (unpaired) electrons. The van der Waals surface area contributed by atoms with E-state index >= 15 is 0 Å². The normalized spacial score (nSPS) is 14.1. The first-order chi connectivity index (χ1) is 18.2. The maximum Gasteiger partial charge on any atom is 0.305 e. The molecule has 12 nitrogen and oxygen atoms in total. The Morgan fingerprint density at radius 1 is 0.789 bits per heavy atom. The van der Waals surface area contributed by atoms with E-state index in [-0.39, 0.29) is 64.0 Å². The smallest absolute Gasteiger partial charge is 0.305 e. The number of carbonyl (C=O) groups excluding carboxylic acids is 6. The summed E-state index contributed by atoms with van der Waals surface area (Å²) in [5.41, 5.74) is 0.776. The van der Waals surface area contributed by atoms with Crippen LogP contribution in [0.5, 0.6) is 0 Å². The third-order valence-corrected chi connectivity index (χ3v) is 6.30. The van der Waals surface area contributed by atoms with Gasteiger partial charge in [-0.3, -0.25) is 38.5 Å². The number of hydrogen-bond acceptors (Lipinski definition) is 8. The summed E-state index contributed by atoms with van der Waals surface area (Å²) in [6.07, 6.45) is -0.426. The monoisotopic (exact) mass is 515 g/mol. The number of hydrogen-bond donors (Lipinski definition) is 2. The number of aliphatic carboxylic acids is 1. The Morgan fingerprint density at radius 3 is 1.76 bits per heavy atom. The Labute approximate surface area is 213 Å². The average molecular weight is 515 g/mol. The SMILES string of the molecule is O=COCNC(=O)c1ccc(N2C(=O)c3ccc4c5c(ccc(c35)C2=O)C(=O)N(CCC(=O)O)C4=O)cc1. The number of nitrogens with one attached hydrogen (secondary N) is 1. The van der Waals surface area contributed by atoms with Crippen LogP contribution in [0.15, 0.2) is 48.5 Å². The van der Waals surface area contributed by atoms with Crippen molar-refractivity contribution >= 4 is 58.4 Å². The molecule has 38 heavy (non-hydrogen) atoms. The molecule has 5 rings (SSSR count). The molecular weight excluding hydrogens is 498 g/mol. The van der Waals surface area contributed by atoms with Gasteiger partial charge in [-0.05, 0) is 48.5 Å². The molecule has 0 unspecified atom stereocenters. The fourth-order valence-corrected chi connectivity index (χ4v) is 4.57. The van der Waals surface area contributed by atoms with Crippen LogP contribution in [-0.2, 0) is 14.3 Å². The molecular formula is C26H17N3O9. The number of benzene rings is 3. The number of ether oxygens (including phenoxy) is 1. The van der Waals surface area contributed by atoms with E-state index in [0.717, 1.165) is 9.80 Å². The molecule has 3 aromatic carbocycles. The number of anilines is 1. The van der Waals surface area contributed by atoms with Crippen molar-refractivity contribution in [1.29, 1.82) is 0 Å². The van der Waals surface area contributed by atoms with Crippen LogP contribution in [0.1, 0.15) is 58.2 Å². The summed E-state index contributed by atoms with van der Waals surface area (Å²) >= 11 is 0. The molecule has 0 saturated carbocycles. The lowest BCUT2D eigenvalue weighted by Gasteiger charge is -2.31. The predicted octanol–water partition coefficient (Wildman–Crippen LogP) is 1.57. The van der Waals surface area contributed by atoms with Crippen molar-refractivity contribution in [3.05, 3.63) is 76.3 Å². The topological polar surface area (TPSA) is 167 Å². The zero-order valence-electron chi connectivity index (χ0n) is 19.4. The van der Waals surface area contributed by atoms with Gasteiger partial charge < -0.3 is 15.2 Å². The molecule has 190 valence electrons. The Kier molecular flexibility index (Phi) is 5.91. The lowest BCUT2D eigenvalue weighted by Crippen LogP contribution is -2.44. The molecule has 0 saturated heterocycles. The summed E-state index contributed by atoms with van der Waals surface area (Å²) in [4.78, 5) is 88.1. The van der Waals surface area contributed by atoms with Gasteiger partial charge in [0.2, 0.25) is 0 Å². The van der Waals surface area contributed by atoms with Crippen LogP contribution < -0.4 is 10.2 Å². The van der Waals surface area contributed by atoms with Gasteiger partial charge in [-0.2, -0.15) is 0 Å². The highest BCUT2D eigenvalue weighted by atomic mass is 16.5. The van der Waals surface area contributed by atoms with E-state index in [0.29, 0.717) is 0 Å². The second-order valence-electron chi connectivity index (χ2n) is 8.38. The quantitative estimate of drug-likeness (QED) is 0.196. The van der Waals surface area contributed by atoms with Gasteiger partial charge in [-0.15, -0.1) is 0 Å². The summed E-state index contributed by atoms with van der Waals surface area (Å²) < 4.78 is 4.42. The van der Waals surface area contributed by atoms with Crippen molar-refractivity contribution in [3.63, 3.8) is 0 Å². The molecule has 0 aliphatic carbocycles. The van der Waals surface area contributed by atoms with Crippen LogP contribution >= 0.6 is 0 Å². The van der Waals surface area contributed by atoms with Crippen molar-refractivity contribution in [3.8, 4) is 0 Å². The zero-order valence-corrected chi connectivity index (χ0v) is 19.4. The molecule has 0 aromatic heterocycles. The highest BCUT2D eigenvalue weighted by Crippen LogP contribution is 2.39. The standard InChI is InChI=1S/C26H17N3O9/c30-12-38-11-27-22(33)13-1-3-14(4-2-13)29-25(36)17-7-5-15-20-16(6-8-18(21(17)20)26(29)37)24(35)28(23(15)34)10-9-19(31)32/h1-8,12H,9-11H2,(H,27,33)(H,31,32). The van der Waals surface area contributed by atoms with E-state index in [1.54, 1.807) is 0 Å². The molecule has 12 heteroatoms. The number of carbonyl (C=O) groups is 7. The molecule has 0 bridgehead atoms. The van der Waals surface area contributed by atoms with Crippen molar-refractivity contribution < 1.29 is 43.4 Å². The summed E-state index contributed by atoms with van der Waals surface area (Å²) in [5.74, 6) is -4.49. The molecule has 0 fully saturated rings. The second kappa shape index (κ2) is 9.24. The molecule has 0 spiro atoms. The number of carboxylic acid groups (broad SMARTS) is 1. The summed E-state index contributed by atoms with van der Waals surface area (Å²) in [6.45, 7) is -0.452. The van der Waals surface area contributed by atoms with Crippen molar-refractivity contribution in [1.82, 2.24) is 10.2 Å². The van der Waals surface area contributed by atoms with Crippen LogP contribution in [0.25, 0.3) is 10.8 Å². The first kappa shape index (κ1) is 24.3. The van der Waals surface area contributed by atoms with Crippen molar-refractivity contribution in [2.24, 2.45) is 0 Å². The third-order valence-electron chi connectivity index (χ3n) is 6.30. The molecule has 2 aliphatic rings. The van der Waals surface area contributed by atoms with Crippen LogP contribution in [0.4, 0.5) is 5.69 Å². The second-order valence-corrected chi connectivity index (χ2v) is 8.38. The molecule has 2 N–H and O–H groups in total. The van der Waals surface area contributed by atoms with Gasteiger partial charge in [-0.1, -0.05) is 0 Å². The van der Waals surface area contributed by atoms with Crippen LogP contribution in [0.2, 0.25) is 0 Å². The van der Waals surface area contributed by atoms with Gasteiger partial charge in [0.1, 0.15) is 0 Å². The first-order valence-electron chi connectivity index (χ1n) is 11.2. The van der Waals surface area contributed by atoms with Gasteiger partial charge in [0, 0.05) is 45.1 Å². The van der Waals surface area contributed by atoms with Gasteiger partial charge in [-0.25, -0.2) is 4.90 Å². The van der Waals surface area contributed by atoms with Crippen molar-refractivity contribution in [2.75, 3.05) is 18.2 Å². The minimum atomic E-state index is -1.17. The van der Waals surface area contributed by atoms with Crippen LogP contribution in [0.3, 0.4) is 0 Å². The third kappa shape index (κ3) is 3.75. The Bertz CT molecular complexity index is 1520. The Hall–Kier alpha value is -5.39. The van der Waals surface area contributed by atoms with E-state index in [4.69, 9.17) is 5.11 Å². The Morgan fingerprint density at radius 2 is 1.29 bits per heavy atom. The molecule has 2 heterocycles. The van der Waals surface area contributed by atoms with Gasteiger partial charge in [0.15, 0.2) is 6.73 Å². The molecule has 0 atom stereocenters. The summed E-state index contributed by atoms with van der Waals surface area (Å²) in [6, 6.07) is 11.2. The average Bonchev–Trinajstić information content (AvgIpc) is 2.90. The fraction of sp³-hybridized carbons (Fsp3) is 0.115. The van der Waals surface area contributed by atoms with E-state index in [9.17, 15) is 33.6 Å². The number of nitrogens with zero attached hydrogens (tertiary/aromatic N) is 2. The van der Waals surface area contributed by atoms with E-state index < -0.39 is 41.9 Å². The highest BCUT2D eigenvalue weighted by Gasteiger charge is 2.40. The number of rotatable bonds is 8. The zero-order chi connectivity index (χ0) is 27.1. The van der Waals surface area contributed by atoms with Gasteiger partial charge >= 0.3 is 5.97 Å². The minimum Gasteiger partial charge on any atom is -0.481 e. The van der Waals surface area contributed by atoms with E-state index in [2.05, 4.69) is 10.1 Å². The predicted molar refractivity (Wildman–Crippen MR) is 129 cm³/mol. The maximum absolute atomic E-state index is 13.5. The highest BCUT2D eigenvalue weighted by molar-refractivity contribution is 6.39. The molecule has 2 aliphatic heterocycles. The first-order valence-corrected chi connectivity index (χ1v) is 11.2. The number of carboxylic acids is 1. The van der Waals surface area contributed by atoms with E-state index in [1.807, 2.05) is 0 Å². The molecule has 5 amide bonds. The van der Waals surface area contributed by atoms with Crippen molar-refractivity contribution in [2.45, 2.75) is 6.42 Å². The lowest BCUT2D eigenvalue weighted by atomic mass is 9.85. The van der Waals surface area contributed by atoms with Crippen LogP contribution in [0, 0.1) is 0 Å². The Balaban J connectivity index is 1.52. The summed E-state index contributed by atoms with van der Waals surface area (Å²) in [7, 11) is 0. The van der Waals surface area contributed by atoms with E-state index in [1.165, 1.54) is 48.5 Å². The summed E-state index contributed by atoms with van der Waals surface area (Å²) in [5, 5.41) is 11.7. The van der Waals surface area contributed by atoms with Gasteiger partial charge in [0.25, 0.3) is 36.0 Å². The fourth-order valence-electron chi connectivity index (χ4n) is 4.57. The minimum absolute atomic E-state index is 0.0913.